The van der Waals surface area contributed by atoms with Gasteiger partial charge in [0.1, 0.15) is 0 Å². The molecule has 2 aliphatic heterocycles. The van der Waals surface area contributed by atoms with Crippen molar-refractivity contribution in [3.05, 3.63) is 173 Å². The third kappa shape index (κ3) is 4.78. The molecule has 0 radical (unpaired) electrons. The zero-order valence-corrected chi connectivity index (χ0v) is 40.5. The van der Waals surface area contributed by atoms with Gasteiger partial charge in [-0.05, 0) is 125 Å². The molecule has 0 N–H and O–H groups in total. The van der Waals surface area contributed by atoms with E-state index in [2.05, 4.69) is 218 Å². The first-order chi connectivity index (χ1) is 31.5. The quantitative estimate of drug-likeness (QED) is 0.149. The van der Waals surface area contributed by atoms with Gasteiger partial charge in [0, 0.05) is 64.4 Å². The van der Waals surface area contributed by atoms with E-state index in [1.165, 1.54) is 137 Å². The molecular formula is C62H53BN2S. The van der Waals surface area contributed by atoms with Crippen LogP contribution >= 0.6 is 11.3 Å². The van der Waals surface area contributed by atoms with E-state index in [4.69, 9.17) is 0 Å². The van der Waals surface area contributed by atoms with Crippen molar-refractivity contribution in [2.45, 2.75) is 90.9 Å². The van der Waals surface area contributed by atoms with Gasteiger partial charge < -0.3 is 9.38 Å². The van der Waals surface area contributed by atoms with Crippen LogP contribution in [-0.2, 0) is 21.7 Å². The number of aromatic nitrogens is 1. The highest BCUT2D eigenvalue weighted by atomic mass is 32.1. The van der Waals surface area contributed by atoms with Crippen molar-refractivity contribution in [3.63, 3.8) is 0 Å². The van der Waals surface area contributed by atoms with Crippen molar-refractivity contribution in [1.29, 1.82) is 0 Å². The Morgan fingerprint density at radius 3 is 1.95 bits per heavy atom. The van der Waals surface area contributed by atoms with Gasteiger partial charge in [-0.1, -0.05) is 166 Å². The number of anilines is 2. The molecule has 8 aromatic carbocycles. The Bertz CT molecular complexity index is 3840. The molecule has 0 saturated carbocycles. The van der Waals surface area contributed by atoms with Crippen molar-refractivity contribution >= 4 is 82.5 Å². The van der Waals surface area contributed by atoms with Crippen molar-refractivity contribution in [2.24, 2.45) is 0 Å². The van der Waals surface area contributed by atoms with Crippen molar-refractivity contribution in [1.82, 2.24) is 4.57 Å². The maximum Gasteiger partial charge on any atom is 0.333 e. The van der Waals surface area contributed by atoms with E-state index in [0.717, 1.165) is 0 Å². The van der Waals surface area contributed by atoms with Gasteiger partial charge in [0.15, 0.2) is 0 Å². The van der Waals surface area contributed by atoms with Gasteiger partial charge in [-0.15, -0.1) is 11.3 Å². The van der Waals surface area contributed by atoms with Crippen LogP contribution in [0.1, 0.15) is 103 Å². The Morgan fingerprint density at radius 2 is 1.17 bits per heavy atom. The zero-order valence-electron chi connectivity index (χ0n) is 39.7. The number of thiophene rings is 1. The minimum atomic E-state index is -0.151. The van der Waals surface area contributed by atoms with E-state index >= 15 is 0 Å². The standard InChI is InChI=1S/C62H53BN2S/c1-59(2,3)34-19-22-36(23-20-34)65-51-32-42-41-29-35(60(4,5)6)21-26-46(41)62(9,10)48(42)30-43(51)38-24-25-40-56-50(28-27-47-55(56)39-16-11-13-17-45(39)61(47,7)8)64-52-33-54-44(37-15-12-14-18-53(37)66-54)31-49(52)63(65)57(38)58(40)64/h11-33H,1-10H3. The van der Waals surface area contributed by atoms with Crippen LogP contribution in [0.25, 0.3) is 81.0 Å². The first-order valence-electron chi connectivity index (χ1n) is 24.0. The van der Waals surface area contributed by atoms with Gasteiger partial charge in [0.05, 0.1) is 11.0 Å². The Balaban J connectivity index is 1.15. The number of hydrogen-bond acceptors (Lipinski definition) is 2. The van der Waals surface area contributed by atoms with Crippen LogP contribution in [0.2, 0.25) is 0 Å². The average Bonchev–Trinajstić information content (AvgIpc) is 3.97. The van der Waals surface area contributed by atoms with E-state index in [9.17, 15) is 0 Å². The first-order valence-corrected chi connectivity index (χ1v) is 24.8. The minimum absolute atomic E-state index is 0.0371. The molecule has 10 aromatic rings. The Hall–Kier alpha value is -6.36. The summed E-state index contributed by atoms with van der Waals surface area (Å²) in [5, 5.41) is 5.39. The number of rotatable bonds is 1. The predicted molar refractivity (Wildman–Crippen MR) is 285 cm³/mol. The molecule has 0 fully saturated rings. The molecule has 2 nitrogen and oxygen atoms in total. The minimum Gasteiger partial charge on any atom is -0.376 e. The summed E-state index contributed by atoms with van der Waals surface area (Å²) in [5.41, 5.74) is 25.6. The summed E-state index contributed by atoms with van der Waals surface area (Å²) in [6.45, 7) is 23.6. The number of nitrogens with zero attached hydrogens (tertiary/aromatic N) is 2. The third-order valence-corrected chi connectivity index (χ3v) is 17.6. The molecule has 0 spiro atoms. The summed E-state index contributed by atoms with van der Waals surface area (Å²) in [7, 11) is 0. The highest BCUT2D eigenvalue weighted by Crippen LogP contribution is 2.57. The molecule has 2 aromatic heterocycles. The monoisotopic (exact) mass is 868 g/mol. The fraction of sp³-hybridized carbons (Fsp3) is 0.226. The summed E-state index contributed by atoms with van der Waals surface area (Å²) in [6, 6.07) is 55.3. The van der Waals surface area contributed by atoms with Gasteiger partial charge in [0.2, 0.25) is 0 Å². The average molecular weight is 869 g/mol. The molecule has 4 heterocycles. The lowest BCUT2D eigenvalue weighted by atomic mass is 9.44. The fourth-order valence-electron chi connectivity index (χ4n) is 13.0. The molecular weight excluding hydrogens is 816 g/mol. The maximum absolute atomic E-state index is 2.74. The lowest BCUT2D eigenvalue weighted by Crippen LogP contribution is -2.60. The molecule has 14 rings (SSSR count). The first kappa shape index (κ1) is 38.9. The smallest absolute Gasteiger partial charge is 0.333 e. The van der Waals surface area contributed by atoms with Crippen molar-refractivity contribution < 1.29 is 0 Å². The highest BCUT2D eigenvalue weighted by Gasteiger charge is 2.47. The van der Waals surface area contributed by atoms with E-state index in [0.29, 0.717) is 0 Å². The van der Waals surface area contributed by atoms with Crippen LogP contribution in [0.4, 0.5) is 11.4 Å². The summed E-state index contributed by atoms with van der Waals surface area (Å²) in [5.74, 6) is 0. The van der Waals surface area contributed by atoms with E-state index in [1.54, 1.807) is 0 Å². The summed E-state index contributed by atoms with van der Waals surface area (Å²) < 4.78 is 5.35. The molecule has 4 heteroatoms. The van der Waals surface area contributed by atoms with Crippen LogP contribution in [0, 0.1) is 0 Å². The summed E-state index contributed by atoms with van der Waals surface area (Å²) in [4.78, 5) is 2.74. The molecule has 0 atom stereocenters. The molecule has 320 valence electrons. The molecule has 0 saturated heterocycles. The lowest BCUT2D eigenvalue weighted by molar-refractivity contribution is 0.589. The second-order valence-corrected chi connectivity index (χ2v) is 24.0. The topological polar surface area (TPSA) is 8.17 Å². The third-order valence-electron chi connectivity index (χ3n) is 16.5. The van der Waals surface area contributed by atoms with Crippen LogP contribution in [0.5, 0.6) is 0 Å². The van der Waals surface area contributed by atoms with Crippen LogP contribution in [0.15, 0.2) is 140 Å². The van der Waals surface area contributed by atoms with Gasteiger partial charge in [-0.3, -0.25) is 0 Å². The fourth-order valence-corrected chi connectivity index (χ4v) is 14.1. The van der Waals surface area contributed by atoms with Gasteiger partial charge in [0.25, 0.3) is 0 Å². The summed E-state index contributed by atoms with van der Waals surface area (Å²) in [6.07, 6.45) is 0. The Morgan fingerprint density at radius 1 is 0.485 bits per heavy atom. The Kier molecular flexibility index (Phi) is 7.27. The number of benzene rings is 8. The molecule has 0 unspecified atom stereocenters. The Labute approximate surface area is 392 Å². The molecule has 66 heavy (non-hydrogen) atoms. The van der Waals surface area contributed by atoms with Gasteiger partial charge in [-0.25, -0.2) is 0 Å². The van der Waals surface area contributed by atoms with E-state index < -0.39 is 0 Å². The van der Waals surface area contributed by atoms with Crippen LogP contribution in [-0.4, -0.2) is 11.4 Å². The van der Waals surface area contributed by atoms with Crippen LogP contribution in [0.3, 0.4) is 0 Å². The van der Waals surface area contributed by atoms with Crippen LogP contribution < -0.4 is 15.7 Å². The molecule has 0 amide bonds. The molecule has 0 bridgehead atoms. The second kappa shape index (κ2) is 12.3. The van der Waals surface area contributed by atoms with Crippen molar-refractivity contribution in [2.75, 3.05) is 4.81 Å². The largest absolute Gasteiger partial charge is 0.376 e. The SMILES string of the molecule is CC(C)(C)c1ccc(N2B3c4cc5c(cc4-n4c6ccc7c(c6c6ccc(c3c64)-c3cc4c(cc32)-c2cc(C(C)(C)C)ccc2C4(C)C)-c2ccccc2C7(C)C)sc2ccccc25)cc1. The highest BCUT2D eigenvalue weighted by molar-refractivity contribution is 7.26. The zero-order chi connectivity index (χ0) is 45.1. The lowest BCUT2D eigenvalue weighted by Gasteiger charge is -2.42. The van der Waals surface area contributed by atoms with Gasteiger partial charge >= 0.3 is 6.85 Å². The molecule has 2 aliphatic carbocycles. The second-order valence-electron chi connectivity index (χ2n) is 22.9. The normalized spacial score (nSPS) is 15.9. The summed E-state index contributed by atoms with van der Waals surface area (Å²) >= 11 is 1.92. The maximum atomic E-state index is 2.74. The number of fused-ring (bicyclic) bond motifs is 18. The van der Waals surface area contributed by atoms with E-state index in [-0.39, 0.29) is 28.5 Å². The predicted octanol–water partition coefficient (Wildman–Crippen LogP) is 15.6. The number of hydrogen-bond donors (Lipinski definition) is 0. The van der Waals surface area contributed by atoms with Crippen molar-refractivity contribution in [3.8, 4) is 39.1 Å². The van der Waals surface area contributed by atoms with Gasteiger partial charge in [-0.2, -0.15) is 0 Å². The van der Waals surface area contributed by atoms with E-state index in [1.807, 2.05) is 11.3 Å². The molecule has 4 aliphatic rings.